The van der Waals surface area contributed by atoms with Gasteiger partial charge < -0.3 is 14.8 Å². The monoisotopic (exact) mass is 291 g/mol. The van der Waals surface area contributed by atoms with E-state index < -0.39 is 0 Å². The van der Waals surface area contributed by atoms with E-state index in [1.807, 2.05) is 6.07 Å². The molecule has 1 aromatic rings. The van der Waals surface area contributed by atoms with Crippen LogP contribution in [-0.2, 0) is 6.42 Å². The zero-order valence-corrected chi connectivity index (χ0v) is 14.1. The lowest BCUT2D eigenvalue weighted by molar-refractivity contribution is 0.273. The van der Waals surface area contributed by atoms with Crippen molar-refractivity contribution in [3.63, 3.8) is 0 Å². The van der Waals surface area contributed by atoms with E-state index in [2.05, 4.69) is 32.2 Å². The summed E-state index contributed by atoms with van der Waals surface area (Å²) in [5.41, 5.74) is 3.03. The Hall–Kier alpha value is -1.22. The molecular weight excluding hydrogens is 262 g/mol. The summed E-state index contributed by atoms with van der Waals surface area (Å²) in [6, 6.07) is 4.57. The number of benzene rings is 1. The predicted octanol–water partition coefficient (Wildman–Crippen LogP) is 4.11. The van der Waals surface area contributed by atoms with Crippen molar-refractivity contribution in [2.75, 3.05) is 20.8 Å². The minimum atomic E-state index is 0.336. The quantitative estimate of drug-likeness (QED) is 0.828. The number of methoxy groups -OCH3 is 2. The molecule has 21 heavy (non-hydrogen) atoms. The Morgan fingerprint density at radius 3 is 2.62 bits per heavy atom. The molecule has 1 N–H and O–H groups in total. The minimum Gasteiger partial charge on any atom is -0.497 e. The molecule has 0 radical (unpaired) electrons. The minimum absolute atomic E-state index is 0.336. The van der Waals surface area contributed by atoms with Gasteiger partial charge in [0.15, 0.2) is 0 Å². The van der Waals surface area contributed by atoms with Crippen LogP contribution in [0.4, 0.5) is 0 Å². The smallest absolute Gasteiger partial charge is 0.126 e. The van der Waals surface area contributed by atoms with Crippen LogP contribution in [0.25, 0.3) is 0 Å². The van der Waals surface area contributed by atoms with Crippen molar-refractivity contribution in [1.82, 2.24) is 5.32 Å². The second-order valence-corrected chi connectivity index (χ2v) is 6.77. The molecule has 0 saturated heterocycles. The highest BCUT2D eigenvalue weighted by Crippen LogP contribution is 2.43. The molecule has 118 valence electrons. The molecule has 0 bridgehead atoms. The van der Waals surface area contributed by atoms with Gasteiger partial charge in [-0.2, -0.15) is 0 Å². The molecule has 1 aliphatic carbocycles. The van der Waals surface area contributed by atoms with Gasteiger partial charge in [0.05, 0.1) is 14.2 Å². The van der Waals surface area contributed by atoms with E-state index in [1.54, 1.807) is 14.2 Å². The molecule has 1 aromatic carbocycles. The Labute approximate surface area is 129 Å². The van der Waals surface area contributed by atoms with E-state index in [0.717, 1.165) is 37.3 Å². The van der Waals surface area contributed by atoms with Crippen molar-refractivity contribution in [1.29, 1.82) is 0 Å². The first kappa shape index (κ1) is 16.2. The highest BCUT2D eigenvalue weighted by atomic mass is 16.5. The second kappa shape index (κ2) is 6.69. The summed E-state index contributed by atoms with van der Waals surface area (Å²) in [6.07, 6.45) is 4.55. The summed E-state index contributed by atoms with van der Waals surface area (Å²) >= 11 is 0. The van der Waals surface area contributed by atoms with Crippen LogP contribution < -0.4 is 14.8 Å². The molecule has 0 amide bonds. The van der Waals surface area contributed by atoms with Gasteiger partial charge in [-0.1, -0.05) is 20.8 Å². The Morgan fingerprint density at radius 2 is 2.00 bits per heavy atom. The fourth-order valence-corrected chi connectivity index (χ4v) is 3.25. The van der Waals surface area contributed by atoms with Crippen LogP contribution in [0, 0.1) is 5.41 Å². The van der Waals surface area contributed by atoms with Crippen molar-refractivity contribution in [2.45, 2.75) is 52.5 Å². The average Bonchev–Trinajstić information content (AvgIpc) is 2.60. The lowest BCUT2D eigenvalue weighted by atomic mass is 9.83. The van der Waals surface area contributed by atoms with E-state index in [1.165, 1.54) is 17.5 Å². The van der Waals surface area contributed by atoms with Gasteiger partial charge in [0.25, 0.3) is 0 Å². The van der Waals surface area contributed by atoms with E-state index in [0.29, 0.717) is 11.5 Å². The van der Waals surface area contributed by atoms with E-state index in [4.69, 9.17) is 9.47 Å². The third-order valence-corrected chi connectivity index (χ3v) is 4.50. The first-order valence-electron chi connectivity index (χ1n) is 7.99. The number of rotatable bonds is 5. The van der Waals surface area contributed by atoms with E-state index in [-0.39, 0.29) is 0 Å². The van der Waals surface area contributed by atoms with Gasteiger partial charge in [-0.05, 0) is 54.8 Å². The van der Waals surface area contributed by atoms with Gasteiger partial charge in [-0.3, -0.25) is 0 Å². The maximum absolute atomic E-state index is 5.62. The molecule has 1 atom stereocenters. The molecule has 0 aliphatic heterocycles. The maximum atomic E-state index is 5.62. The van der Waals surface area contributed by atoms with Gasteiger partial charge in [-0.25, -0.2) is 0 Å². The van der Waals surface area contributed by atoms with Crippen LogP contribution in [0.5, 0.6) is 11.5 Å². The summed E-state index contributed by atoms with van der Waals surface area (Å²) in [5.74, 6) is 1.85. The summed E-state index contributed by atoms with van der Waals surface area (Å²) < 4.78 is 11.1. The van der Waals surface area contributed by atoms with E-state index >= 15 is 0 Å². The molecule has 1 unspecified atom stereocenters. The van der Waals surface area contributed by atoms with Crippen molar-refractivity contribution in [2.24, 2.45) is 5.41 Å². The molecule has 0 saturated carbocycles. The second-order valence-electron chi connectivity index (χ2n) is 6.77. The van der Waals surface area contributed by atoms with Crippen LogP contribution in [0.1, 0.15) is 57.2 Å². The summed E-state index contributed by atoms with van der Waals surface area (Å²) in [4.78, 5) is 0. The lowest BCUT2D eigenvalue weighted by Crippen LogP contribution is -2.26. The maximum Gasteiger partial charge on any atom is 0.126 e. The summed E-state index contributed by atoms with van der Waals surface area (Å²) in [5, 5.41) is 3.71. The van der Waals surface area contributed by atoms with Gasteiger partial charge in [0.2, 0.25) is 0 Å². The van der Waals surface area contributed by atoms with Gasteiger partial charge >= 0.3 is 0 Å². The van der Waals surface area contributed by atoms with Crippen LogP contribution in [0.2, 0.25) is 0 Å². The number of hydrogen-bond acceptors (Lipinski definition) is 3. The number of nitrogens with one attached hydrogen (secondary N) is 1. The Morgan fingerprint density at radius 1 is 1.24 bits per heavy atom. The molecule has 1 aliphatic rings. The fraction of sp³-hybridized carbons (Fsp3) is 0.667. The highest BCUT2D eigenvalue weighted by Gasteiger charge is 2.31. The van der Waals surface area contributed by atoms with Crippen molar-refractivity contribution in [3.8, 4) is 11.5 Å². The third-order valence-electron chi connectivity index (χ3n) is 4.50. The first-order valence-corrected chi connectivity index (χ1v) is 7.99. The number of hydrogen-bond donors (Lipinski definition) is 1. The molecular formula is C18H29NO2. The zero-order chi connectivity index (χ0) is 15.5. The summed E-state index contributed by atoms with van der Waals surface area (Å²) in [6.45, 7) is 7.98. The third kappa shape index (κ3) is 3.70. The first-order chi connectivity index (χ1) is 10.0. The van der Waals surface area contributed by atoms with Crippen molar-refractivity contribution >= 4 is 0 Å². The van der Waals surface area contributed by atoms with Crippen LogP contribution >= 0.6 is 0 Å². The van der Waals surface area contributed by atoms with Crippen LogP contribution in [-0.4, -0.2) is 20.8 Å². The topological polar surface area (TPSA) is 30.5 Å². The molecule has 0 aromatic heterocycles. The van der Waals surface area contributed by atoms with Gasteiger partial charge in [-0.15, -0.1) is 0 Å². The molecule has 3 heteroatoms. The Balaban J connectivity index is 2.46. The Kier molecular flexibility index (Phi) is 5.15. The van der Waals surface area contributed by atoms with Crippen LogP contribution in [0.15, 0.2) is 12.1 Å². The zero-order valence-electron chi connectivity index (χ0n) is 14.1. The molecule has 2 rings (SSSR count). The lowest BCUT2D eigenvalue weighted by Gasteiger charge is -2.28. The fourth-order valence-electron chi connectivity index (χ4n) is 3.25. The highest BCUT2D eigenvalue weighted by molar-refractivity contribution is 5.49. The molecule has 0 spiro atoms. The largest absolute Gasteiger partial charge is 0.497 e. The van der Waals surface area contributed by atoms with E-state index in [9.17, 15) is 0 Å². The number of ether oxygens (including phenoxy) is 2. The normalized spacial score (nSPS) is 20.5. The SMILES string of the molecule is CCCNC1CC(C)(C)CCc2c(OC)cc(OC)cc21. The predicted molar refractivity (Wildman–Crippen MR) is 87.3 cm³/mol. The molecule has 3 nitrogen and oxygen atoms in total. The van der Waals surface area contributed by atoms with Crippen molar-refractivity contribution < 1.29 is 9.47 Å². The van der Waals surface area contributed by atoms with Crippen LogP contribution in [0.3, 0.4) is 0 Å². The summed E-state index contributed by atoms with van der Waals surface area (Å²) in [7, 11) is 3.47. The average molecular weight is 291 g/mol. The molecule has 0 heterocycles. The Bertz CT molecular complexity index is 482. The van der Waals surface area contributed by atoms with Gasteiger partial charge in [0.1, 0.15) is 11.5 Å². The molecule has 0 fully saturated rings. The van der Waals surface area contributed by atoms with Gasteiger partial charge in [0, 0.05) is 12.1 Å². The number of fused-ring (bicyclic) bond motifs is 1. The standard InChI is InChI=1S/C18H29NO2/c1-6-9-19-16-12-18(2,3)8-7-14-15(16)10-13(20-4)11-17(14)21-5/h10-11,16,19H,6-9,12H2,1-5H3. The van der Waals surface area contributed by atoms with Crippen molar-refractivity contribution in [3.05, 3.63) is 23.3 Å².